The lowest BCUT2D eigenvalue weighted by Crippen LogP contribution is -2.28. The Morgan fingerprint density at radius 3 is 2.25 bits per heavy atom. The van der Waals surface area contributed by atoms with E-state index in [-0.39, 0.29) is 5.91 Å². The van der Waals surface area contributed by atoms with Crippen molar-refractivity contribution in [2.75, 3.05) is 4.90 Å². The molecule has 0 bridgehead atoms. The van der Waals surface area contributed by atoms with Gasteiger partial charge < -0.3 is 5.11 Å². The zero-order chi connectivity index (χ0) is 22.8. The Kier molecular flexibility index (Phi) is 5.79. The van der Waals surface area contributed by atoms with Crippen LogP contribution < -0.4 is 4.90 Å². The lowest BCUT2D eigenvalue weighted by atomic mass is 10.1. The number of nitro groups is 1. The van der Waals surface area contributed by atoms with E-state index < -0.39 is 16.4 Å². The Hall–Kier alpha value is -3.91. The molecule has 8 heteroatoms. The number of anilines is 1. The van der Waals surface area contributed by atoms with Crippen molar-refractivity contribution >= 4 is 46.0 Å². The Morgan fingerprint density at radius 1 is 1.00 bits per heavy atom. The van der Waals surface area contributed by atoms with Gasteiger partial charge in [-0.05, 0) is 67.6 Å². The number of nitro benzene ring substituents is 1. The van der Waals surface area contributed by atoms with E-state index in [1.165, 1.54) is 34.9 Å². The first-order chi connectivity index (χ1) is 15.3. The van der Waals surface area contributed by atoms with Gasteiger partial charge in [0.25, 0.3) is 5.91 Å². The fourth-order valence-corrected chi connectivity index (χ4v) is 4.13. The van der Waals surface area contributed by atoms with Crippen molar-refractivity contribution in [3.8, 4) is 5.75 Å². The number of aliphatic imine (C=N–C) groups is 1. The highest BCUT2D eigenvalue weighted by Crippen LogP contribution is 2.38. The highest BCUT2D eigenvalue weighted by atomic mass is 32.2. The lowest BCUT2D eigenvalue weighted by Gasteiger charge is -2.16. The number of hydrogen-bond acceptors (Lipinski definition) is 6. The molecule has 0 radical (unpaired) electrons. The van der Waals surface area contributed by atoms with Crippen molar-refractivity contribution in [3.63, 3.8) is 0 Å². The SMILES string of the molecule is Cc1ccc(N=C2S/C(=C/c3ccc(O)c([N+](=O)[O-])c3)C(=O)N2c2ccc(C)cc2)cc1. The number of hydrogen-bond donors (Lipinski definition) is 1. The third-order valence-electron chi connectivity index (χ3n) is 4.85. The van der Waals surface area contributed by atoms with E-state index in [2.05, 4.69) is 4.99 Å². The summed E-state index contributed by atoms with van der Waals surface area (Å²) < 4.78 is 0. The Morgan fingerprint density at radius 2 is 1.62 bits per heavy atom. The molecule has 1 aliphatic rings. The van der Waals surface area contributed by atoms with Crippen LogP contribution in [0.3, 0.4) is 0 Å². The standard InChI is InChI=1S/C24H19N3O4S/c1-15-3-8-18(9-4-15)25-24-26(19-10-5-16(2)6-11-19)23(29)22(32-24)14-17-7-12-21(28)20(13-17)27(30)31/h3-14,28H,1-2H3/b22-14+,25-24?. The van der Waals surface area contributed by atoms with Crippen LogP contribution in [0.15, 0.2) is 76.6 Å². The molecule has 1 aliphatic heterocycles. The molecule has 1 N–H and O–H groups in total. The van der Waals surface area contributed by atoms with E-state index in [1.807, 2.05) is 62.4 Å². The number of phenols is 1. The van der Waals surface area contributed by atoms with Crippen LogP contribution in [0.4, 0.5) is 17.1 Å². The van der Waals surface area contributed by atoms with Gasteiger partial charge in [0, 0.05) is 6.07 Å². The van der Waals surface area contributed by atoms with Crippen LogP contribution in [-0.4, -0.2) is 21.1 Å². The molecule has 0 unspecified atom stereocenters. The fourth-order valence-electron chi connectivity index (χ4n) is 3.13. The molecule has 1 amide bonds. The normalized spacial score (nSPS) is 16.2. The number of carbonyl (C=O) groups is 1. The van der Waals surface area contributed by atoms with Crippen molar-refractivity contribution in [1.82, 2.24) is 0 Å². The van der Waals surface area contributed by atoms with Crippen molar-refractivity contribution in [2.45, 2.75) is 13.8 Å². The number of nitrogens with zero attached hydrogens (tertiary/aromatic N) is 3. The molecule has 0 saturated carbocycles. The first-order valence-corrected chi connectivity index (χ1v) is 10.6. The topological polar surface area (TPSA) is 96.0 Å². The first-order valence-electron chi connectivity index (χ1n) is 9.75. The molecule has 0 aliphatic carbocycles. The third kappa shape index (κ3) is 4.40. The summed E-state index contributed by atoms with van der Waals surface area (Å²) in [5.74, 6) is -0.703. The van der Waals surface area contributed by atoms with Crippen LogP contribution in [-0.2, 0) is 4.79 Å². The number of benzene rings is 3. The van der Waals surface area contributed by atoms with Crippen LogP contribution >= 0.6 is 11.8 Å². The van der Waals surface area contributed by atoms with Gasteiger partial charge in [-0.15, -0.1) is 0 Å². The summed E-state index contributed by atoms with van der Waals surface area (Å²) in [7, 11) is 0. The average molecular weight is 446 g/mol. The summed E-state index contributed by atoms with van der Waals surface area (Å²) in [6.07, 6.45) is 1.57. The second-order valence-electron chi connectivity index (χ2n) is 7.32. The fraction of sp³-hybridized carbons (Fsp3) is 0.0833. The minimum atomic E-state index is -0.663. The van der Waals surface area contributed by atoms with E-state index in [1.54, 1.807) is 6.08 Å². The van der Waals surface area contributed by atoms with Crippen LogP contribution in [0.2, 0.25) is 0 Å². The van der Waals surface area contributed by atoms with Gasteiger partial charge in [-0.3, -0.25) is 19.8 Å². The number of carbonyl (C=O) groups excluding carboxylic acids is 1. The van der Waals surface area contributed by atoms with E-state index in [0.29, 0.717) is 27.0 Å². The minimum absolute atomic E-state index is 0.277. The summed E-state index contributed by atoms with van der Waals surface area (Å²) in [6, 6.07) is 19.2. The quantitative estimate of drug-likeness (QED) is 0.314. The minimum Gasteiger partial charge on any atom is -0.502 e. The lowest BCUT2D eigenvalue weighted by molar-refractivity contribution is -0.385. The molecule has 0 spiro atoms. The maximum absolute atomic E-state index is 13.3. The number of amides is 1. The number of aromatic hydroxyl groups is 1. The van der Waals surface area contributed by atoms with E-state index in [9.17, 15) is 20.0 Å². The molecule has 32 heavy (non-hydrogen) atoms. The van der Waals surface area contributed by atoms with Gasteiger partial charge in [-0.2, -0.15) is 0 Å². The van der Waals surface area contributed by atoms with E-state index in [4.69, 9.17) is 0 Å². The summed E-state index contributed by atoms with van der Waals surface area (Å²) >= 11 is 1.19. The predicted octanol–water partition coefficient (Wildman–Crippen LogP) is 5.73. The Balaban J connectivity index is 1.77. The number of rotatable bonds is 4. The summed E-state index contributed by atoms with van der Waals surface area (Å²) in [6.45, 7) is 3.95. The van der Waals surface area contributed by atoms with Crippen molar-refractivity contribution in [1.29, 1.82) is 0 Å². The van der Waals surface area contributed by atoms with Gasteiger partial charge in [0.2, 0.25) is 0 Å². The van der Waals surface area contributed by atoms with Crippen molar-refractivity contribution in [2.24, 2.45) is 4.99 Å². The number of amidine groups is 1. The molecular formula is C24H19N3O4S. The van der Waals surface area contributed by atoms with Gasteiger partial charge >= 0.3 is 5.69 Å². The molecular weight excluding hydrogens is 426 g/mol. The second-order valence-corrected chi connectivity index (χ2v) is 8.33. The Bertz CT molecular complexity index is 1270. The summed E-state index contributed by atoms with van der Waals surface area (Å²) in [5.41, 5.74) is 3.58. The molecule has 3 aromatic rings. The number of thioether (sulfide) groups is 1. The monoisotopic (exact) mass is 445 g/mol. The zero-order valence-corrected chi connectivity index (χ0v) is 18.2. The molecule has 7 nitrogen and oxygen atoms in total. The molecule has 1 fully saturated rings. The number of phenolic OH excluding ortho intramolecular Hbond substituents is 1. The van der Waals surface area contributed by atoms with Crippen LogP contribution in [0.1, 0.15) is 16.7 Å². The third-order valence-corrected chi connectivity index (χ3v) is 5.82. The maximum Gasteiger partial charge on any atom is 0.311 e. The Labute approximate surface area is 188 Å². The second kappa shape index (κ2) is 8.68. The highest BCUT2D eigenvalue weighted by molar-refractivity contribution is 8.19. The molecule has 4 rings (SSSR count). The van der Waals surface area contributed by atoms with Gasteiger partial charge in [-0.1, -0.05) is 41.5 Å². The van der Waals surface area contributed by atoms with Crippen molar-refractivity contribution in [3.05, 3.63) is 98.4 Å². The van der Waals surface area contributed by atoms with Crippen LogP contribution in [0.25, 0.3) is 6.08 Å². The van der Waals surface area contributed by atoms with Gasteiger partial charge in [-0.25, -0.2) is 4.99 Å². The molecule has 3 aromatic carbocycles. The summed E-state index contributed by atoms with van der Waals surface area (Å²) in [4.78, 5) is 30.4. The summed E-state index contributed by atoms with van der Waals surface area (Å²) in [5, 5.41) is 21.3. The van der Waals surface area contributed by atoms with Crippen LogP contribution in [0.5, 0.6) is 5.75 Å². The molecule has 160 valence electrons. The van der Waals surface area contributed by atoms with Crippen molar-refractivity contribution < 1.29 is 14.8 Å². The maximum atomic E-state index is 13.3. The molecule has 1 heterocycles. The van der Waals surface area contributed by atoms with E-state index in [0.717, 1.165) is 11.1 Å². The highest BCUT2D eigenvalue weighted by Gasteiger charge is 2.35. The molecule has 1 saturated heterocycles. The van der Waals surface area contributed by atoms with Gasteiger partial charge in [0.15, 0.2) is 10.9 Å². The largest absolute Gasteiger partial charge is 0.502 e. The van der Waals surface area contributed by atoms with Gasteiger partial charge in [0.1, 0.15) is 0 Å². The first kappa shape index (κ1) is 21.3. The van der Waals surface area contributed by atoms with Gasteiger partial charge in [0.05, 0.1) is 21.2 Å². The smallest absolute Gasteiger partial charge is 0.311 e. The predicted molar refractivity (Wildman–Crippen MR) is 127 cm³/mol. The zero-order valence-electron chi connectivity index (χ0n) is 17.4. The van der Waals surface area contributed by atoms with Crippen LogP contribution in [0, 0.1) is 24.0 Å². The number of aryl methyl sites for hydroxylation is 2. The average Bonchev–Trinajstić information content (AvgIpc) is 3.06. The van der Waals surface area contributed by atoms with E-state index >= 15 is 0 Å². The molecule has 0 atom stereocenters. The molecule has 0 aromatic heterocycles.